The molecule has 2 rings (SSSR count). The van der Waals surface area contributed by atoms with Crippen LogP contribution in [0.25, 0.3) is 0 Å². The Morgan fingerprint density at radius 1 is 1.40 bits per heavy atom. The molecule has 2 heterocycles. The summed E-state index contributed by atoms with van der Waals surface area (Å²) in [6, 6.07) is 0. The third-order valence-corrected chi connectivity index (χ3v) is 4.28. The first kappa shape index (κ1) is 16.4. The van der Waals surface area contributed by atoms with Crippen LogP contribution in [-0.4, -0.2) is 54.8 Å². The summed E-state index contributed by atoms with van der Waals surface area (Å²) in [5, 5.41) is 0. The van der Waals surface area contributed by atoms with Crippen LogP contribution in [0.3, 0.4) is 0 Å². The second-order valence-corrected chi connectivity index (χ2v) is 8.17. The van der Waals surface area contributed by atoms with Crippen LogP contribution in [0.5, 0.6) is 0 Å². The van der Waals surface area contributed by atoms with E-state index in [0.717, 1.165) is 0 Å². The molecule has 2 fully saturated rings. The number of ether oxygens (including phenoxy) is 3. The van der Waals surface area contributed by atoms with Gasteiger partial charge in [0.25, 0.3) is 0 Å². The maximum absolute atomic E-state index is 11.6. The Hall–Kier alpha value is 0.0300. The Morgan fingerprint density at radius 2 is 2.05 bits per heavy atom. The van der Waals surface area contributed by atoms with Crippen LogP contribution in [0.1, 0.15) is 27.7 Å². The molecule has 2 saturated heterocycles. The minimum absolute atomic E-state index is 0.0494. The van der Waals surface area contributed by atoms with Gasteiger partial charge >= 0.3 is 7.60 Å². The monoisotopic (exact) mass is 308 g/mol. The van der Waals surface area contributed by atoms with Gasteiger partial charge in [0.05, 0.1) is 25.4 Å². The number of hydrogen-bond donors (Lipinski definition) is 1. The summed E-state index contributed by atoms with van der Waals surface area (Å²) in [5.74, 6) is 0.238. The van der Waals surface area contributed by atoms with Crippen molar-refractivity contribution >= 4 is 7.60 Å². The van der Waals surface area contributed by atoms with E-state index in [1.165, 1.54) is 6.66 Å². The quantitative estimate of drug-likeness (QED) is 0.754. The highest BCUT2D eigenvalue weighted by Gasteiger charge is 2.64. The number of rotatable bonds is 6. The highest BCUT2D eigenvalue weighted by molar-refractivity contribution is 7.51. The highest BCUT2D eigenvalue weighted by Crippen LogP contribution is 2.51. The predicted molar refractivity (Wildman–Crippen MR) is 73.9 cm³/mol. The summed E-state index contributed by atoms with van der Waals surface area (Å²) < 4.78 is 34.5. The molecule has 0 amide bonds. The van der Waals surface area contributed by atoms with E-state index in [1.54, 1.807) is 0 Å². The molecule has 0 aromatic heterocycles. The van der Waals surface area contributed by atoms with E-state index in [1.807, 2.05) is 27.7 Å². The van der Waals surface area contributed by atoms with Gasteiger partial charge in [0.15, 0.2) is 0 Å². The van der Waals surface area contributed by atoms with Crippen molar-refractivity contribution < 1.29 is 28.2 Å². The van der Waals surface area contributed by atoms with E-state index in [9.17, 15) is 9.46 Å². The molecule has 2 bridgehead atoms. The molecule has 0 saturated carbocycles. The lowest BCUT2D eigenvalue weighted by Gasteiger charge is -2.33. The van der Waals surface area contributed by atoms with E-state index >= 15 is 0 Å². The molecule has 5 atom stereocenters. The second-order valence-electron chi connectivity index (χ2n) is 6.36. The zero-order valence-corrected chi connectivity index (χ0v) is 13.6. The van der Waals surface area contributed by atoms with Crippen LogP contribution in [0.15, 0.2) is 0 Å². The molecular weight excluding hydrogens is 283 g/mol. The lowest BCUT2D eigenvalue weighted by Crippen LogP contribution is -2.47. The van der Waals surface area contributed by atoms with E-state index in [4.69, 9.17) is 18.7 Å². The minimum Gasteiger partial charge on any atom is -0.376 e. The van der Waals surface area contributed by atoms with Gasteiger partial charge in [-0.1, -0.05) is 13.8 Å². The molecule has 3 unspecified atom stereocenters. The Labute approximate surface area is 120 Å². The summed E-state index contributed by atoms with van der Waals surface area (Å²) in [4.78, 5) is 9.54. The van der Waals surface area contributed by atoms with E-state index in [-0.39, 0.29) is 24.2 Å². The van der Waals surface area contributed by atoms with E-state index in [0.29, 0.717) is 13.2 Å². The van der Waals surface area contributed by atoms with Gasteiger partial charge in [0, 0.05) is 6.66 Å². The van der Waals surface area contributed by atoms with Crippen LogP contribution in [0, 0.1) is 5.92 Å². The van der Waals surface area contributed by atoms with Crippen molar-refractivity contribution in [3.8, 4) is 0 Å². The van der Waals surface area contributed by atoms with Gasteiger partial charge in [-0.15, -0.1) is 0 Å². The molecule has 118 valence electrons. The fraction of sp³-hybridized carbons (Fsp3) is 1.00. The molecule has 2 aliphatic heterocycles. The fourth-order valence-electron chi connectivity index (χ4n) is 2.76. The lowest BCUT2D eigenvalue weighted by molar-refractivity contribution is -0.183. The molecule has 0 aliphatic carbocycles. The first-order chi connectivity index (χ1) is 9.15. The molecule has 2 aliphatic rings. The average Bonchev–Trinajstić information content (AvgIpc) is 2.77. The average molecular weight is 308 g/mol. The topological polar surface area (TPSA) is 74.2 Å². The maximum atomic E-state index is 11.6. The molecule has 6 nitrogen and oxygen atoms in total. The molecular formula is C13H25O6P. The Kier molecular flexibility index (Phi) is 4.65. The third-order valence-electron chi connectivity index (χ3n) is 3.66. The summed E-state index contributed by atoms with van der Waals surface area (Å²) in [5.41, 5.74) is -0.779. The first-order valence-electron chi connectivity index (χ1n) is 7.04. The Balaban J connectivity index is 2.19. The maximum Gasteiger partial charge on any atom is 0.325 e. The highest BCUT2D eigenvalue weighted by atomic mass is 31.2. The van der Waals surface area contributed by atoms with Crippen molar-refractivity contribution in [1.29, 1.82) is 0 Å². The van der Waals surface area contributed by atoms with Crippen molar-refractivity contribution in [2.24, 2.45) is 5.92 Å². The Morgan fingerprint density at radius 3 is 2.55 bits per heavy atom. The SMILES string of the molecule is CC(C)OC[C@]12COC(C1OP(C)(=O)O)[C@H](C(C)C)O2. The first-order valence-corrected chi connectivity index (χ1v) is 9.07. The fourth-order valence-corrected chi connectivity index (χ4v) is 3.49. The summed E-state index contributed by atoms with van der Waals surface area (Å²) in [6.07, 6.45) is -0.968. The third kappa shape index (κ3) is 3.26. The molecule has 0 aromatic carbocycles. The van der Waals surface area contributed by atoms with Crippen LogP contribution < -0.4 is 0 Å². The van der Waals surface area contributed by atoms with Crippen LogP contribution in [0.2, 0.25) is 0 Å². The zero-order valence-electron chi connectivity index (χ0n) is 12.7. The molecule has 0 spiro atoms. The molecule has 20 heavy (non-hydrogen) atoms. The van der Waals surface area contributed by atoms with Crippen molar-refractivity contribution in [3.63, 3.8) is 0 Å². The van der Waals surface area contributed by atoms with Crippen LogP contribution in [-0.2, 0) is 23.3 Å². The number of fused-ring (bicyclic) bond motifs is 2. The molecule has 0 radical (unpaired) electrons. The van der Waals surface area contributed by atoms with E-state index < -0.39 is 19.3 Å². The number of hydrogen-bond acceptors (Lipinski definition) is 5. The predicted octanol–water partition coefficient (Wildman–Crippen LogP) is 1.80. The van der Waals surface area contributed by atoms with Crippen LogP contribution >= 0.6 is 7.60 Å². The normalized spacial score (nSPS) is 39.7. The molecule has 7 heteroatoms. The van der Waals surface area contributed by atoms with Gasteiger partial charge in [-0.25, -0.2) is 0 Å². The summed E-state index contributed by atoms with van der Waals surface area (Å²) >= 11 is 0. The zero-order chi connectivity index (χ0) is 15.1. The van der Waals surface area contributed by atoms with Gasteiger partial charge in [-0.3, -0.25) is 9.09 Å². The minimum atomic E-state index is -3.61. The van der Waals surface area contributed by atoms with Crippen molar-refractivity contribution in [2.75, 3.05) is 19.9 Å². The summed E-state index contributed by atoms with van der Waals surface area (Å²) in [7, 11) is -3.61. The van der Waals surface area contributed by atoms with Gasteiger partial charge in [0.1, 0.15) is 17.8 Å². The van der Waals surface area contributed by atoms with E-state index in [2.05, 4.69) is 0 Å². The van der Waals surface area contributed by atoms with Gasteiger partial charge < -0.3 is 19.1 Å². The Bertz CT molecular complexity index is 392. The van der Waals surface area contributed by atoms with Crippen LogP contribution in [0.4, 0.5) is 0 Å². The standard InChI is InChI=1S/C13H25O6P/c1-8(2)10-11-12(19-20(5,14)15)13(18-10,7-17-11)6-16-9(3)4/h8-12H,6-7H2,1-5H3,(H,14,15)/t10-,11?,12?,13-/m0/s1. The second kappa shape index (κ2) is 5.67. The van der Waals surface area contributed by atoms with Gasteiger partial charge in [0.2, 0.25) is 0 Å². The van der Waals surface area contributed by atoms with Crippen molar-refractivity contribution in [3.05, 3.63) is 0 Å². The van der Waals surface area contributed by atoms with Crippen molar-refractivity contribution in [1.82, 2.24) is 0 Å². The van der Waals surface area contributed by atoms with Crippen molar-refractivity contribution in [2.45, 2.75) is 57.7 Å². The van der Waals surface area contributed by atoms with Gasteiger partial charge in [-0.05, 0) is 19.8 Å². The molecule has 1 N–H and O–H groups in total. The lowest BCUT2D eigenvalue weighted by atomic mass is 9.96. The smallest absolute Gasteiger partial charge is 0.325 e. The van der Waals surface area contributed by atoms with Gasteiger partial charge in [-0.2, -0.15) is 0 Å². The summed E-state index contributed by atoms with van der Waals surface area (Å²) in [6.45, 7) is 9.76. The molecule has 0 aromatic rings. The largest absolute Gasteiger partial charge is 0.376 e.